The summed E-state index contributed by atoms with van der Waals surface area (Å²) in [6, 6.07) is 7.97. The number of benzene rings is 1. The van der Waals surface area contributed by atoms with Crippen LogP contribution < -0.4 is 5.32 Å². The molecular formula is C17H23NO6. The number of hydrogen-bond donors (Lipinski definition) is 2. The molecule has 7 nitrogen and oxygen atoms in total. The van der Waals surface area contributed by atoms with Gasteiger partial charge in [0.15, 0.2) is 6.04 Å². The van der Waals surface area contributed by atoms with Crippen molar-refractivity contribution in [3.63, 3.8) is 0 Å². The van der Waals surface area contributed by atoms with Crippen molar-refractivity contribution in [2.75, 3.05) is 19.8 Å². The highest BCUT2D eigenvalue weighted by Gasteiger charge is 2.36. The van der Waals surface area contributed by atoms with Crippen molar-refractivity contribution in [2.45, 2.75) is 32.6 Å². The van der Waals surface area contributed by atoms with E-state index in [9.17, 15) is 14.7 Å². The molecule has 0 radical (unpaired) electrons. The fraction of sp³-hybridized carbons (Fsp3) is 0.529. The standard InChI is InChI=1S/C17H23NO6/c1-12(19)14(15(20)24-11-17(2)9-22-10-17)18-16(21)23-8-13-6-4-3-5-7-13/h3-7,12,14,19H,8-11H2,1-2H3,(H,18,21). The molecule has 1 heterocycles. The van der Waals surface area contributed by atoms with Gasteiger partial charge in [-0.1, -0.05) is 37.3 Å². The van der Waals surface area contributed by atoms with Crippen LogP contribution >= 0.6 is 0 Å². The number of hydrogen-bond acceptors (Lipinski definition) is 6. The monoisotopic (exact) mass is 337 g/mol. The number of nitrogens with one attached hydrogen (secondary N) is 1. The Balaban J connectivity index is 1.80. The van der Waals surface area contributed by atoms with Crippen molar-refractivity contribution in [3.8, 4) is 0 Å². The Morgan fingerprint density at radius 1 is 1.29 bits per heavy atom. The quantitative estimate of drug-likeness (QED) is 0.727. The number of alkyl carbamates (subject to hydrolysis) is 1. The highest BCUT2D eigenvalue weighted by atomic mass is 16.6. The average Bonchev–Trinajstić information content (AvgIpc) is 2.54. The van der Waals surface area contributed by atoms with Gasteiger partial charge < -0.3 is 24.6 Å². The molecule has 2 atom stereocenters. The molecule has 2 rings (SSSR count). The van der Waals surface area contributed by atoms with E-state index in [1.54, 1.807) is 0 Å². The van der Waals surface area contributed by atoms with Crippen LogP contribution in [0.4, 0.5) is 4.79 Å². The van der Waals surface area contributed by atoms with Gasteiger partial charge in [0.25, 0.3) is 0 Å². The minimum absolute atomic E-state index is 0.0731. The van der Waals surface area contributed by atoms with Crippen LogP contribution in [0.3, 0.4) is 0 Å². The summed E-state index contributed by atoms with van der Waals surface area (Å²) in [6.45, 7) is 4.62. The number of ether oxygens (including phenoxy) is 3. The summed E-state index contributed by atoms with van der Waals surface area (Å²) in [5.74, 6) is -0.699. The van der Waals surface area contributed by atoms with E-state index in [0.717, 1.165) is 5.56 Å². The Labute approximate surface area is 140 Å². The number of rotatable bonds is 7. The first-order chi connectivity index (χ1) is 11.4. The predicted molar refractivity (Wildman–Crippen MR) is 85.1 cm³/mol. The number of amides is 1. The summed E-state index contributed by atoms with van der Waals surface area (Å²) in [5.41, 5.74) is 0.619. The van der Waals surface area contributed by atoms with Crippen molar-refractivity contribution in [3.05, 3.63) is 35.9 Å². The first kappa shape index (κ1) is 18.2. The third-order valence-corrected chi connectivity index (χ3v) is 3.69. The van der Waals surface area contributed by atoms with Gasteiger partial charge in [-0.15, -0.1) is 0 Å². The van der Waals surface area contributed by atoms with Crippen LogP contribution in [0, 0.1) is 5.41 Å². The van der Waals surface area contributed by atoms with E-state index in [1.165, 1.54) is 6.92 Å². The van der Waals surface area contributed by atoms with Gasteiger partial charge in [0.1, 0.15) is 13.2 Å². The molecule has 1 aliphatic rings. The summed E-state index contributed by atoms with van der Waals surface area (Å²) in [7, 11) is 0. The first-order valence-electron chi connectivity index (χ1n) is 7.79. The molecule has 7 heteroatoms. The van der Waals surface area contributed by atoms with Gasteiger partial charge in [-0.3, -0.25) is 0 Å². The molecule has 24 heavy (non-hydrogen) atoms. The van der Waals surface area contributed by atoms with Crippen LogP contribution in [-0.2, 0) is 25.6 Å². The van der Waals surface area contributed by atoms with E-state index in [1.807, 2.05) is 37.3 Å². The van der Waals surface area contributed by atoms with Gasteiger partial charge in [0, 0.05) is 5.41 Å². The Kier molecular flexibility index (Phi) is 6.16. The third-order valence-electron chi connectivity index (χ3n) is 3.69. The van der Waals surface area contributed by atoms with E-state index in [2.05, 4.69) is 5.32 Å². The summed E-state index contributed by atoms with van der Waals surface area (Å²) >= 11 is 0. The van der Waals surface area contributed by atoms with Crippen molar-refractivity contribution >= 4 is 12.1 Å². The maximum Gasteiger partial charge on any atom is 0.408 e. The van der Waals surface area contributed by atoms with Crippen LogP contribution in [0.1, 0.15) is 19.4 Å². The van der Waals surface area contributed by atoms with E-state index in [4.69, 9.17) is 14.2 Å². The normalized spacial score (nSPS) is 18.0. The zero-order chi connectivity index (χ0) is 17.6. The lowest BCUT2D eigenvalue weighted by molar-refractivity contribution is -0.169. The Hall–Kier alpha value is -2.12. The average molecular weight is 337 g/mol. The number of aliphatic hydroxyl groups is 1. The molecule has 2 N–H and O–H groups in total. The third kappa shape index (κ3) is 5.21. The maximum atomic E-state index is 12.1. The second-order valence-electron chi connectivity index (χ2n) is 6.34. The minimum Gasteiger partial charge on any atom is -0.463 e. The lowest BCUT2D eigenvalue weighted by Crippen LogP contribution is -2.51. The number of carbonyl (C=O) groups is 2. The van der Waals surface area contributed by atoms with Crippen molar-refractivity contribution < 1.29 is 28.9 Å². The van der Waals surface area contributed by atoms with Gasteiger partial charge in [0.05, 0.1) is 19.3 Å². The lowest BCUT2D eigenvalue weighted by atomic mass is 9.90. The van der Waals surface area contributed by atoms with Gasteiger partial charge in [-0.2, -0.15) is 0 Å². The minimum atomic E-state index is -1.18. The number of esters is 1. The molecule has 2 unspecified atom stereocenters. The second-order valence-corrected chi connectivity index (χ2v) is 6.34. The van der Waals surface area contributed by atoms with Crippen molar-refractivity contribution in [1.82, 2.24) is 5.32 Å². The summed E-state index contributed by atoms with van der Waals surface area (Å²) < 4.78 is 15.3. The molecule has 1 aromatic rings. The summed E-state index contributed by atoms with van der Waals surface area (Å²) in [4.78, 5) is 23.9. The Bertz CT molecular complexity index is 555. The van der Waals surface area contributed by atoms with Crippen LogP contribution in [0.25, 0.3) is 0 Å². The van der Waals surface area contributed by atoms with E-state index < -0.39 is 24.2 Å². The fourth-order valence-electron chi connectivity index (χ4n) is 2.14. The zero-order valence-electron chi connectivity index (χ0n) is 13.9. The molecule has 1 amide bonds. The van der Waals surface area contributed by atoms with Crippen molar-refractivity contribution in [2.24, 2.45) is 5.41 Å². The van der Waals surface area contributed by atoms with Gasteiger partial charge in [0.2, 0.25) is 0 Å². The van der Waals surface area contributed by atoms with E-state index >= 15 is 0 Å². The molecular weight excluding hydrogens is 314 g/mol. The van der Waals surface area contributed by atoms with Crippen LogP contribution in [0.2, 0.25) is 0 Å². The molecule has 1 saturated heterocycles. The fourth-order valence-corrected chi connectivity index (χ4v) is 2.14. The van der Waals surface area contributed by atoms with Crippen LogP contribution in [-0.4, -0.2) is 49.1 Å². The number of carbonyl (C=O) groups excluding carboxylic acids is 2. The molecule has 0 bridgehead atoms. The van der Waals surface area contributed by atoms with Crippen LogP contribution in [0.5, 0.6) is 0 Å². The summed E-state index contributed by atoms with van der Waals surface area (Å²) in [5, 5.41) is 12.1. The van der Waals surface area contributed by atoms with Crippen molar-refractivity contribution in [1.29, 1.82) is 0 Å². The smallest absolute Gasteiger partial charge is 0.408 e. The summed E-state index contributed by atoms with van der Waals surface area (Å²) in [6.07, 6.45) is -1.90. The van der Waals surface area contributed by atoms with E-state index in [0.29, 0.717) is 13.2 Å². The highest BCUT2D eigenvalue weighted by Crippen LogP contribution is 2.26. The molecule has 0 saturated carbocycles. The van der Waals surface area contributed by atoms with E-state index in [-0.39, 0.29) is 18.6 Å². The maximum absolute atomic E-state index is 12.1. The van der Waals surface area contributed by atoms with Gasteiger partial charge >= 0.3 is 12.1 Å². The van der Waals surface area contributed by atoms with Gasteiger partial charge in [-0.05, 0) is 12.5 Å². The Morgan fingerprint density at radius 3 is 2.50 bits per heavy atom. The molecule has 0 spiro atoms. The first-order valence-corrected chi connectivity index (χ1v) is 7.79. The Morgan fingerprint density at radius 2 is 1.96 bits per heavy atom. The molecule has 0 aliphatic carbocycles. The molecule has 132 valence electrons. The number of aliphatic hydroxyl groups excluding tert-OH is 1. The topological polar surface area (TPSA) is 94.1 Å². The molecule has 1 aromatic carbocycles. The van der Waals surface area contributed by atoms with Gasteiger partial charge in [-0.25, -0.2) is 9.59 Å². The zero-order valence-corrected chi connectivity index (χ0v) is 13.9. The SMILES string of the molecule is CC(O)C(NC(=O)OCc1ccccc1)C(=O)OCC1(C)COC1. The second kappa shape index (κ2) is 8.12. The largest absolute Gasteiger partial charge is 0.463 e. The molecule has 1 fully saturated rings. The molecule has 0 aromatic heterocycles. The lowest BCUT2D eigenvalue weighted by Gasteiger charge is -2.37. The molecule has 1 aliphatic heterocycles. The predicted octanol–water partition coefficient (Wildman–Crippen LogP) is 1.24. The van der Waals surface area contributed by atoms with Crippen LogP contribution in [0.15, 0.2) is 30.3 Å². The highest BCUT2D eigenvalue weighted by molar-refractivity contribution is 5.82.